The molecule has 0 heterocycles. The average molecular weight is 455 g/mol. The van der Waals surface area contributed by atoms with Crippen LogP contribution in [-0.4, -0.2) is 22.6 Å². The Balaban J connectivity index is 1.88. The van der Waals surface area contributed by atoms with Crippen LogP contribution in [0.25, 0.3) is 0 Å². The van der Waals surface area contributed by atoms with Gasteiger partial charge in [0, 0.05) is 27.1 Å². The zero-order valence-corrected chi connectivity index (χ0v) is 18.1. The number of benzene rings is 2. The number of carbonyl (C=O) groups is 3. The van der Waals surface area contributed by atoms with Crippen LogP contribution in [0.3, 0.4) is 0 Å². The zero-order chi connectivity index (χ0) is 22.2. The zero-order valence-electron chi connectivity index (χ0n) is 16.6. The Morgan fingerprint density at radius 2 is 1.35 bits per heavy atom. The van der Waals surface area contributed by atoms with E-state index in [9.17, 15) is 19.5 Å². The Kier molecular flexibility index (Phi) is 5.87. The second kappa shape index (κ2) is 8.45. The van der Waals surface area contributed by atoms with Crippen LogP contribution >= 0.6 is 23.2 Å². The highest BCUT2D eigenvalue weighted by Crippen LogP contribution is 2.51. The molecule has 0 amide bonds. The van der Waals surface area contributed by atoms with Gasteiger partial charge < -0.3 is 5.11 Å². The molecule has 1 fully saturated rings. The first-order valence-electron chi connectivity index (χ1n) is 10.1. The number of carboxylic acids is 1. The van der Waals surface area contributed by atoms with Gasteiger partial charge in [-0.3, -0.25) is 14.4 Å². The van der Waals surface area contributed by atoms with Crippen molar-refractivity contribution in [1.29, 1.82) is 0 Å². The highest BCUT2D eigenvalue weighted by Gasteiger charge is 2.54. The highest BCUT2D eigenvalue weighted by molar-refractivity contribution is 6.31. The fraction of sp³-hybridized carbons (Fsp3) is 0.240. The van der Waals surface area contributed by atoms with E-state index in [4.69, 9.17) is 23.2 Å². The normalized spacial score (nSPS) is 21.7. The number of carbonyl (C=O) groups excluding carboxylic acids is 2. The molecule has 4 nitrogen and oxygen atoms in total. The van der Waals surface area contributed by atoms with Crippen LogP contribution in [0, 0.1) is 17.3 Å². The molecule has 158 valence electrons. The number of carboxylic acid groups (broad SMARTS) is 1. The van der Waals surface area contributed by atoms with Crippen LogP contribution in [0.2, 0.25) is 10.0 Å². The van der Waals surface area contributed by atoms with Gasteiger partial charge in [0.15, 0.2) is 11.6 Å². The largest absolute Gasteiger partial charge is 0.481 e. The number of hydrogen-bond donors (Lipinski definition) is 1. The Labute approximate surface area is 190 Å². The fourth-order valence-electron chi connectivity index (χ4n) is 4.77. The molecule has 0 aliphatic heterocycles. The van der Waals surface area contributed by atoms with E-state index in [-0.39, 0.29) is 11.6 Å². The lowest BCUT2D eigenvalue weighted by Gasteiger charge is -2.43. The van der Waals surface area contributed by atoms with E-state index in [1.54, 1.807) is 66.8 Å². The third-order valence-electron chi connectivity index (χ3n) is 6.25. The number of fused-ring (bicyclic) bond motifs is 1. The second-order valence-corrected chi connectivity index (χ2v) is 8.81. The number of aliphatic carboxylic acids is 1. The second-order valence-electron chi connectivity index (χ2n) is 7.94. The van der Waals surface area contributed by atoms with E-state index in [2.05, 4.69) is 0 Å². The van der Waals surface area contributed by atoms with Crippen molar-refractivity contribution in [2.24, 2.45) is 17.3 Å². The number of ketones is 2. The van der Waals surface area contributed by atoms with Gasteiger partial charge in [-0.15, -0.1) is 0 Å². The quantitative estimate of drug-likeness (QED) is 0.441. The standard InChI is InChI=1S/C25H20Cl2O4/c26-17-10-6-15(7-11-17)22(28)25(23(29)16-8-12-18(27)13-9-16)14-2-4-19-20(24(30)31)3-1-5-21(19)25/h2,4,6-14,20-21H,1,3,5H2,(H,30,31). The number of rotatable bonds is 5. The molecule has 2 aromatic carbocycles. The summed E-state index contributed by atoms with van der Waals surface area (Å²) in [6.07, 6.45) is 6.71. The number of hydrogen-bond acceptors (Lipinski definition) is 3. The van der Waals surface area contributed by atoms with Crippen molar-refractivity contribution < 1.29 is 19.5 Å². The molecule has 0 aromatic heterocycles. The van der Waals surface area contributed by atoms with Crippen LogP contribution in [0.15, 0.2) is 72.3 Å². The topological polar surface area (TPSA) is 71.4 Å². The molecule has 4 rings (SSSR count). The van der Waals surface area contributed by atoms with Crippen molar-refractivity contribution in [1.82, 2.24) is 0 Å². The molecule has 2 aliphatic carbocycles. The third kappa shape index (κ3) is 3.75. The average Bonchev–Trinajstić information content (AvgIpc) is 2.78. The van der Waals surface area contributed by atoms with Crippen molar-refractivity contribution in [3.05, 3.63) is 93.5 Å². The van der Waals surface area contributed by atoms with Crippen LogP contribution in [-0.2, 0) is 4.79 Å². The van der Waals surface area contributed by atoms with Crippen LogP contribution in [0.4, 0.5) is 0 Å². The lowest BCUT2D eigenvalue weighted by molar-refractivity contribution is -0.141. The first-order valence-corrected chi connectivity index (χ1v) is 10.8. The van der Waals surface area contributed by atoms with Crippen LogP contribution < -0.4 is 0 Å². The number of halogens is 2. The van der Waals surface area contributed by atoms with E-state index >= 15 is 0 Å². The van der Waals surface area contributed by atoms with Gasteiger partial charge in [-0.25, -0.2) is 0 Å². The summed E-state index contributed by atoms with van der Waals surface area (Å²) in [6.45, 7) is 0. The molecule has 6 heteroatoms. The highest BCUT2D eigenvalue weighted by atomic mass is 35.5. The van der Waals surface area contributed by atoms with E-state index in [0.717, 1.165) is 0 Å². The van der Waals surface area contributed by atoms with Gasteiger partial charge in [-0.1, -0.05) is 53.4 Å². The van der Waals surface area contributed by atoms with Crippen LogP contribution in [0.1, 0.15) is 40.0 Å². The van der Waals surface area contributed by atoms with E-state index < -0.39 is 23.2 Å². The summed E-state index contributed by atoms with van der Waals surface area (Å²) >= 11 is 12.0. The number of allylic oxidation sites excluding steroid dienone is 3. The maximum absolute atomic E-state index is 13.9. The first-order chi connectivity index (χ1) is 14.8. The summed E-state index contributed by atoms with van der Waals surface area (Å²) in [5.41, 5.74) is -0.184. The molecule has 0 saturated heterocycles. The molecule has 2 atom stereocenters. The predicted molar refractivity (Wildman–Crippen MR) is 120 cm³/mol. The predicted octanol–water partition coefficient (Wildman–Crippen LogP) is 6.04. The summed E-state index contributed by atoms with van der Waals surface area (Å²) in [5, 5.41) is 10.7. The van der Waals surface area contributed by atoms with Gasteiger partial charge in [-0.2, -0.15) is 0 Å². The van der Waals surface area contributed by atoms with Gasteiger partial charge >= 0.3 is 5.97 Å². The summed E-state index contributed by atoms with van der Waals surface area (Å²) in [6, 6.07) is 12.9. The molecule has 2 unspecified atom stereocenters. The molecule has 0 bridgehead atoms. The Morgan fingerprint density at radius 3 is 1.84 bits per heavy atom. The fourth-order valence-corrected chi connectivity index (χ4v) is 5.02. The molecule has 0 radical (unpaired) electrons. The van der Waals surface area contributed by atoms with Crippen molar-refractivity contribution in [2.75, 3.05) is 0 Å². The Bertz CT molecular complexity index is 1040. The molecule has 0 spiro atoms. The van der Waals surface area contributed by atoms with Crippen molar-refractivity contribution in [3.8, 4) is 0 Å². The van der Waals surface area contributed by atoms with Gasteiger partial charge in [-0.05, 0) is 61.4 Å². The van der Waals surface area contributed by atoms with Gasteiger partial charge in [0.05, 0.1) is 5.92 Å². The van der Waals surface area contributed by atoms with Gasteiger partial charge in [0.2, 0.25) is 0 Å². The first kappa shape index (κ1) is 21.5. The van der Waals surface area contributed by atoms with Crippen molar-refractivity contribution >= 4 is 40.7 Å². The summed E-state index contributed by atoms with van der Waals surface area (Å²) in [4.78, 5) is 39.8. The number of Topliss-reactive ketones (excluding diaryl/α,β-unsaturated/α-hetero) is 2. The van der Waals surface area contributed by atoms with E-state index in [1.165, 1.54) is 0 Å². The molecule has 2 aromatic rings. The summed E-state index contributed by atoms with van der Waals surface area (Å²) < 4.78 is 0. The van der Waals surface area contributed by atoms with Crippen molar-refractivity contribution in [3.63, 3.8) is 0 Å². The van der Waals surface area contributed by atoms with Crippen LogP contribution in [0.5, 0.6) is 0 Å². The van der Waals surface area contributed by atoms with Crippen molar-refractivity contribution in [2.45, 2.75) is 19.3 Å². The third-order valence-corrected chi connectivity index (χ3v) is 6.75. The lowest BCUT2D eigenvalue weighted by atomic mass is 9.56. The monoisotopic (exact) mass is 454 g/mol. The van der Waals surface area contributed by atoms with Gasteiger partial charge in [0.1, 0.15) is 5.41 Å². The smallest absolute Gasteiger partial charge is 0.310 e. The minimum Gasteiger partial charge on any atom is -0.481 e. The summed E-state index contributed by atoms with van der Waals surface area (Å²) in [7, 11) is 0. The minimum atomic E-state index is -1.53. The maximum Gasteiger partial charge on any atom is 0.310 e. The Morgan fingerprint density at radius 1 is 0.839 bits per heavy atom. The molecule has 1 saturated carbocycles. The molecular formula is C25H20Cl2O4. The van der Waals surface area contributed by atoms with E-state index in [1.807, 2.05) is 0 Å². The SMILES string of the molecule is O=C(O)C1CCCC2C1=CC=CC2(C(=O)c1ccc(Cl)cc1)C(=O)c1ccc(Cl)cc1. The molecule has 31 heavy (non-hydrogen) atoms. The maximum atomic E-state index is 13.9. The van der Waals surface area contributed by atoms with E-state index in [0.29, 0.717) is 46.0 Å². The molecular weight excluding hydrogens is 435 g/mol. The molecule has 1 N–H and O–H groups in total. The molecule has 2 aliphatic rings. The minimum absolute atomic E-state index is 0.357. The summed E-state index contributed by atoms with van der Waals surface area (Å²) in [5.74, 6) is -2.89. The lowest BCUT2D eigenvalue weighted by Crippen LogP contribution is -2.49. The van der Waals surface area contributed by atoms with Gasteiger partial charge in [0.25, 0.3) is 0 Å². The Hall–Kier alpha value is -2.69.